The Morgan fingerprint density at radius 1 is 1.40 bits per heavy atom. The molecule has 5 nitrogen and oxygen atoms in total. The number of hydrogen-bond acceptors (Lipinski definition) is 5. The van der Waals surface area contributed by atoms with Crippen LogP contribution in [0.3, 0.4) is 0 Å². The van der Waals surface area contributed by atoms with Crippen LogP contribution in [-0.2, 0) is 9.53 Å². The number of hydrogen-bond donors (Lipinski definition) is 1. The third-order valence-corrected chi connectivity index (χ3v) is 4.66. The molecule has 1 heterocycles. The summed E-state index contributed by atoms with van der Waals surface area (Å²) < 4.78 is 5.22. The van der Waals surface area contributed by atoms with Crippen LogP contribution in [0, 0.1) is 5.92 Å². The molecule has 5 heteroatoms. The fraction of sp³-hybridized carbons (Fsp3) is 0.933. The number of likely N-dealkylation sites (tertiary alicyclic amines) is 1. The van der Waals surface area contributed by atoms with Crippen LogP contribution in [0.5, 0.6) is 0 Å². The molecule has 2 fully saturated rings. The fourth-order valence-electron chi connectivity index (χ4n) is 3.19. The molecular weight excluding hydrogens is 254 g/mol. The van der Waals surface area contributed by atoms with Crippen molar-refractivity contribution in [3.05, 3.63) is 0 Å². The summed E-state index contributed by atoms with van der Waals surface area (Å²) in [6.45, 7) is 4.92. The topological polar surface area (TPSA) is 58.8 Å². The Morgan fingerprint density at radius 3 is 2.65 bits per heavy atom. The molecule has 0 bridgehead atoms. The second-order valence-electron chi connectivity index (χ2n) is 6.53. The maximum atomic E-state index is 12.3. The molecule has 2 aliphatic rings. The van der Waals surface area contributed by atoms with Crippen LogP contribution in [0.15, 0.2) is 0 Å². The van der Waals surface area contributed by atoms with E-state index in [-0.39, 0.29) is 5.97 Å². The number of nitrogens with two attached hydrogens (primary N) is 1. The molecule has 0 radical (unpaired) electrons. The van der Waals surface area contributed by atoms with E-state index in [1.54, 1.807) is 0 Å². The van der Waals surface area contributed by atoms with Gasteiger partial charge in [-0.15, -0.1) is 0 Å². The number of piperidine rings is 1. The minimum atomic E-state index is -0.801. The Morgan fingerprint density at radius 2 is 2.10 bits per heavy atom. The number of rotatable bonds is 6. The van der Waals surface area contributed by atoms with Crippen molar-refractivity contribution in [1.82, 2.24) is 9.80 Å². The first kappa shape index (κ1) is 15.7. The van der Waals surface area contributed by atoms with Crippen LogP contribution in [0.25, 0.3) is 0 Å². The summed E-state index contributed by atoms with van der Waals surface area (Å²) in [6, 6.07) is 0.564. The molecule has 20 heavy (non-hydrogen) atoms. The zero-order valence-electron chi connectivity index (χ0n) is 13.1. The van der Waals surface area contributed by atoms with E-state index in [2.05, 4.69) is 23.9 Å². The lowest BCUT2D eigenvalue weighted by molar-refractivity contribution is -0.151. The van der Waals surface area contributed by atoms with E-state index in [1.165, 1.54) is 12.8 Å². The van der Waals surface area contributed by atoms with Gasteiger partial charge in [0.15, 0.2) is 0 Å². The average Bonchev–Trinajstić information content (AvgIpc) is 3.23. The zero-order chi connectivity index (χ0) is 14.8. The van der Waals surface area contributed by atoms with Crippen LogP contribution in [0.1, 0.15) is 32.6 Å². The van der Waals surface area contributed by atoms with Crippen molar-refractivity contribution in [3.8, 4) is 0 Å². The van der Waals surface area contributed by atoms with Gasteiger partial charge in [-0.3, -0.25) is 4.90 Å². The Labute approximate surface area is 122 Å². The van der Waals surface area contributed by atoms with E-state index in [0.29, 0.717) is 25.1 Å². The van der Waals surface area contributed by atoms with Gasteiger partial charge in [0.25, 0.3) is 0 Å². The third-order valence-electron chi connectivity index (χ3n) is 4.66. The molecule has 1 aliphatic heterocycles. The highest BCUT2D eigenvalue weighted by atomic mass is 16.5. The summed E-state index contributed by atoms with van der Waals surface area (Å²) in [7, 11) is 4.24. The van der Waals surface area contributed by atoms with E-state index in [1.807, 2.05) is 6.92 Å². The molecule has 1 aliphatic carbocycles. The van der Waals surface area contributed by atoms with Gasteiger partial charge < -0.3 is 15.4 Å². The van der Waals surface area contributed by atoms with Gasteiger partial charge in [0.1, 0.15) is 5.54 Å². The van der Waals surface area contributed by atoms with Crippen LogP contribution in [-0.4, -0.2) is 67.7 Å². The van der Waals surface area contributed by atoms with Crippen LogP contribution < -0.4 is 5.73 Å². The first-order valence-corrected chi connectivity index (χ1v) is 7.82. The van der Waals surface area contributed by atoms with Crippen molar-refractivity contribution in [2.45, 2.75) is 44.2 Å². The predicted molar refractivity (Wildman–Crippen MR) is 79.4 cm³/mol. The van der Waals surface area contributed by atoms with E-state index < -0.39 is 5.54 Å². The zero-order valence-corrected chi connectivity index (χ0v) is 13.1. The number of ether oxygens (including phenoxy) is 1. The van der Waals surface area contributed by atoms with E-state index in [9.17, 15) is 4.79 Å². The summed E-state index contributed by atoms with van der Waals surface area (Å²) in [6.07, 6.45) is 4.51. The van der Waals surface area contributed by atoms with Gasteiger partial charge in [0.2, 0.25) is 0 Å². The van der Waals surface area contributed by atoms with Crippen molar-refractivity contribution in [2.24, 2.45) is 11.7 Å². The smallest absolute Gasteiger partial charge is 0.327 e. The first-order chi connectivity index (χ1) is 9.47. The average molecular weight is 283 g/mol. The van der Waals surface area contributed by atoms with Crippen LogP contribution in [0.4, 0.5) is 0 Å². The second-order valence-corrected chi connectivity index (χ2v) is 6.53. The Kier molecular flexibility index (Phi) is 5.04. The molecule has 0 amide bonds. The van der Waals surface area contributed by atoms with Crippen molar-refractivity contribution >= 4 is 5.97 Å². The molecular formula is C15H29N3O2. The van der Waals surface area contributed by atoms with Crippen LogP contribution in [0.2, 0.25) is 0 Å². The number of esters is 1. The monoisotopic (exact) mass is 283 g/mol. The quantitative estimate of drug-likeness (QED) is 0.727. The molecule has 0 spiro atoms. The third kappa shape index (κ3) is 3.51. The van der Waals surface area contributed by atoms with Gasteiger partial charge in [-0.05, 0) is 59.2 Å². The lowest BCUT2D eigenvalue weighted by atomic mass is 9.92. The molecule has 2 N–H and O–H groups in total. The van der Waals surface area contributed by atoms with E-state index in [4.69, 9.17) is 10.5 Å². The number of nitrogens with zero attached hydrogens (tertiary/aromatic N) is 2. The highest BCUT2D eigenvalue weighted by Crippen LogP contribution is 2.39. The molecule has 1 saturated carbocycles. The van der Waals surface area contributed by atoms with Crippen molar-refractivity contribution in [1.29, 1.82) is 0 Å². The molecule has 1 saturated heterocycles. The number of likely N-dealkylation sites (N-methyl/N-ethyl adjacent to an activating group) is 1. The molecule has 2 atom stereocenters. The molecule has 116 valence electrons. The number of carbonyl (C=O) groups excluding carboxylic acids is 1. The summed E-state index contributed by atoms with van der Waals surface area (Å²) in [5.74, 6) is 0.0933. The van der Waals surface area contributed by atoms with Crippen molar-refractivity contribution in [2.75, 3.05) is 40.3 Å². The van der Waals surface area contributed by atoms with Gasteiger partial charge in [-0.25, -0.2) is 4.79 Å². The normalized spacial score (nSPS) is 27.4. The van der Waals surface area contributed by atoms with Crippen molar-refractivity contribution in [3.63, 3.8) is 0 Å². The van der Waals surface area contributed by atoms with E-state index >= 15 is 0 Å². The summed E-state index contributed by atoms with van der Waals surface area (Å²) in [4.78, 5) is 16.9. The summed E-state index contributed by atoms with van der Waals surface area (Å²) >= 11 is 0. The van der Waals surface area contributed by atoms with Gasteiger partial charge in [0, 0.05) is 19.1 Å². The van der Waals surface area contributed by atoms with Gasteiger partial charge in [-0.1, -0.05) is 0 Å². The van der Waals surface area contributed by atoms with Crippen LogP contribution >= 0.6 is 0 Å². The fourth-order valence-corrected chi connectivity index (χ4v) is 3.19. The van der Waals surface area contributed by atoms with Gasteiger partial charge >= 0.3 is 5.97 Å². The highest BCUT2D eigenvalue weighted by Gasteiger charge is 2.50. The standard InChI is InChI=1S/C15H29N3O2/c1-4-20-14(19)15(16,12-7-8-12)11-18-9-5-6-13(10-18)17(2)3/h12-13H,4-11,16H2,1-3H3. The molecule has 0 aromatic rings. The van der Waals surface area contributed by atoms with Gasteiger partial charge in [0.05, 0.1) is 6.61 Å². The molecule has 0 aromatic heterocycles. The molecule has 2 rings (SSSR count). The Balaban J connectivity index is 1.99. The minimum absolute atomic E-state index is 0.213. The number of carbonyl (C=O) groups is 1. The lowest BCUT2D eigenvalue weighted by Gasteiger charge is -2.40. The Hall–Kier alpha value is -0.650. The highest BCUT2D eigenvalue weighted by molar-refractivity contribution is 5.82. The van der Waals surface area contributed by atoms with Crippen molar-refractivity contribution < 1.29 is 9.53 Å². The first-order valence-electron chi connectivity index (χ1n) is 7.82. The second kappa shape index (κ2) is 6.41. The van der Waals surface area contributed by atoms with Gasteiger partial charge in [-0.2, -0.15) is 0 Å². The summed E-state index contributed by atoms with van der Waals surface area (Å²) in [5.41, 5.74) is 5.65. The van der Waals surface area contributed by atoms with E-state index in [0.717, 1.165) is 25.9 Å². The Bertz CT molecular complexity index is 344. The molecule has 2 unspecified atom stereocenters. The SMILES string of the molecule is CCOC(=O)C(N)(CN1CCCC(N(C)C)C1)C1CC1. The lowest BCUT2D eigenvalue weighted by Crippen LogP contribution is -2.60. The predicted octanol–water partition coefficient (Wildman–Crippen LogP) is 0.683. The maximum Gasteiger partial charge on any atom is 0.327 e. The maximum absolute atomic E-state index is 12.3. The molecule has 0 aromatic carbocycles. The summed E-state index contributed by atoms with van der Waals surface area (Å²) in [5, 5.41) is 0. The minimum Gasteiger partial charge on any atom is -0.465 e. The largest absolute Gasteiger partial charge is 0.465 e.